The molecule has 0 bridgehead atoms. The van der Waals surface area contributed by atoms with Crippen LogP contribution in [0.15, 0.2) is 40.8 Å². The fourth-order valence-corrected chi connectivity index (χ4v) is 4.66. The average molecular weight is 425 g/mol. The van der Waals surface area contributed by atoms with Crippen molar-refractivity contribution in [1.82, 2.24) is 20.1 Å². The monoisotopic (exact) mass is 424 g/mol. The summed E-state index contributed by atoms with van der Waals surface area (Å²) in [7, 11) is 0. The van der Waals surface area contributed by atoms with Gasteiger partial charge in [0.15, 0.2) is 16.5 Å². The SMILES string of the molecule is CC(C(=O)NC1CC1)N1CCN(C(=O)c2ccc(-c3nc4ccccc4s3)o2)CC1. The molecule has 1 atom stereocenters. The van der Waals surface area contributed by atoms with Crippen molar-refractivity contribution in [2.45, 2.75) is 31.8 Å². The number of para-hydroxylation sites is 1. The Labute approximate surface area is 178 Å². The summed E-state index contributed by atoms with van der Waals surface area (Å²) in [6, 6.07) is 11.7. The van der Waals surface area contributed by atoms with E-state index in [0.717, 1.165) is 28.1 Å². The number of benzene rings is 1. The minimum Gasteiger partial charge on any atom is -0.448 e. The number of hydrogen-bond donors (Lipinski definition) is 1. The normalized spacial score (nSPS) is 18.5. The number of hydrogen-bond acceptors (Lipinski definition) is 6. The zero-order valence-corrected chi connectivity index (χ0v) is 17.7. The van der Waals surface area contributed by atoms with Crippen LogP contribution in [-0.4, -0.2) is 64.9 Å². The van der Waals surface area contributed by atoms with Crippen molar-refractivity contribution < 1.29 is 14.0 Å². The molecule has 0 radical (unpaired) electrons. The molecule has 156 valence electrons. The molecule has 1 N–H and O–H groups in total. The van der Waals surface area contributed by atoms with Crippen molar-refractivity contribution in [3.63, 3.8) is 0 Å². The first-order valence-corrected chi connectivity index (χ1v) is 11.2. The summed E-state index contributed by atoms with van der Waals surface area (Å²) >= 11 is 1.55. The van der Waals surface area contributed by atoms with Crippen LogP contribution in [-0.2, 0) is 4.79 Å². The third kappa shape index (κ3) is 3.85. The number of thiazole rings is 1. The van der Waals surface area contributed by atoms with Crippen molar-refractivity contribution in [2.75, 3.05) is 26.2 Å². The number of fused-ring (bicyclic) bond motifs is 1. The lowest BCUT2D eigenvalue weighted by molar-refractivity contribution is -0.126. The van der Waals surface area contributed by atoms with Gasteiger partial charge < -0.3 is 14.6 Å². The second-order valence-electron chi connectivity index (χ2n) is 7.94. The number of rotatable bonds is 5. The standard InChI is InChI=1S/C22H24N4O3S/c1-14(20(27)23-15-6-7-15)25-10-12-26(13-11-25)22(28)18-9-8-17(29-18)21-24-16-4-2-3-5-19(16)30-21/h2-5,8-9,14-15H,6-7,10-13H2,1H3,(H,23,27). The molecule has 1 aliphatic heterocycles. The van der Waals surface area contributed by atoms with Gasteiger partial charge in [0, 0.05) is 32.2 Å². The third-order valence-electron chi connectivity index (χ3n) is 5.77. The quantitative estimate of drug-likeness (QED) is 0.681. The number of amides is 2. The van der Waals surface area contributed by atoms with Crippen LogP contribution in [0.2, 0.25) is 0 Å². The van der Waals surface area contributed by atoms with Crippen molar-refractivity contribution in [2.24, 2.45) is 0 Å². The molecule has 5 rings (SSSR count). The number of piperazine rings is 1. The van der Waals surface area contributed by atoms with Crippen LogP contribution in [0.5, 0.6) is 0 Å². The van der Waals surface area contributed by atoms with Gasteiger partial charge >= 0.3 is 0 Å². The van der Waals surface area contributed by atoms with Crippen LogP contribution in [0.1, 0.15) is 30.3 Å². The predicted octanol–water partition coefficient (Wildman–Crippen LogP) is 2.98. The van der Waals surface area contributed by atoms with Crippen LogP contribution in [0.4, 0.5) is 0 Å². The number of carbonyl (C=O) groups excluding carboxylic acids is 2. The van der Waals surface area contributed by atoms with E-state index in [9.17, 15) is 9.59 Å². The van der Waals surface area contributed by atoms with Crippen molar-refractivity contribution in [3.8, 4) is 10.8 Å². The maximum Gasteiger partial charge on any atom is 0.289 e. The third-order valence-corrected chi connectivity index (χ3v) is 6.82. The topological polar surface area (TPSA) is 78.7 Å². The summed E-state index contributed by atoms with van der Waals surface area (Å²) in [5.74, 6) is 0.918. The number of carbonyl (C=O) groups is 2. The lowest BCUT2D eigenvalue weighted by Gasteiger charge is -2.37. The molecular formula is C22H24N4O3S. The highest BCUT2D eigenvalue weighted by molar-refractivity contribution is 7.21. The maximum absolute atomic E-state index is 12.9. The number of furan rings is 1. The largest absolute Gasteiger partial charge is 0.448 e. The molecule has 1 saturated carbocycles. The van der Waals surface area contributed by atoms with Crippen LogP contribution in [0.3, 0.4) is 0 Å². The lowest BCUT2D eigenvalue weighted by atomic mass is 10.2. The van der Waals surface area contributed by atoms with E-state index in [1.807, 2.05) is 37.3 Å². The second kappa shape index (κ2) is 7.85. The Morgan fingerprint density at radius 1 is 1.13 bits per heavy atom. The predicted molar refractivity (Wildman–Crippen MR) is 115 cm³/mol. The van der Waals surface area contributed by atoms with E-state index in [2.05, 4.69) is 15.2 Å². The van der Waals surface area contributed by atoms with Gasteiger partial charge in [0.25, 0.3) is 5.91 Å². The molecule has 30 heavy (non-hydrogen) atoms. The van der Waals surface area contributed by atoms with Crippen LogP contribution in [0, 0.1) is 0 Å². The van der Waals surface area contributed by atoms with E-state index in [0.29, 0.717) is 43.7 Å². The number of aromatic nitrogens is 1. The van der Waals surface area contributed by atoms with Crippen molar-refractivity contribution >= 4 is 33.4 Å². The number of nitrogens with zero attached hydrogens (tertiary/aromatic N) is 3. The van der Waals surface area contributed by atoms with Gasteiger partial charge in [0.2, 0.25) is 5.91 Å². The van der Waals surface area contributed by atoms with E-state index in [4.69, 9.17) is 4.42 Å². The highest BCUT2D eigenvalue weighted by atomic mass is 32.1. The molecule has 2 fully saturated rings. The molecule has 0 spiro atoms. The molecule has 1 unspecified atom stereocenters. The van der Waals surface area contributed by atoms with Crippen LogP contribution in [0.25, 0.3) is 21.0 Å². The van der Waals surface area contributed by atoms with Crippen molar-refractivity contribution in [3.05, 3.63) is 42.2 Å². The molecule has 8 heteroatoms. The highest BCUT2D eigenvalue weighted by Gasteiger charge is 2.31. The fourth-order valence-electron chi connectivity index (χ4n) is 3.73. The van der Waals surface area contributed by atoms with Crippen molar-refractivity contribution in [1.29, 1.82) is 0 Å². The summed E-state index contributed by atoms with van der Waals surface area (Å²) in [5, 5.41) is 3.83. The minimum atomic E-state index is -0.169. The summed E-state index contributed by atoms with van der Waals surface area (Å²) in [5.41, 5.74) is 0.928. The minimum absolute atomic E-state index is 0.0868. The number of nitrogens with one attached hydrogen (secondary N) is 1. The van der Waals surface area contributed by atoms with E-state index >= 15 is 0 Å². The molecule has 3 aromatic rings. The average Bonchev–Trinajstić information content (AvgIpc) is 3.28. The van der Waals surface area contributed by atoms with Gasteiger partial charge in [0.05, 0.1) is 16.3 Å². The van der Waals surface area contributed by atoms with Gasteiger partial charge in [-0.2, -0.15) is 0 Å². The molecule has 2 aromatic heterocycles. The highest BCUT2D eigenvalue weighted by Crippen LogP contribution is 2.31. The summed E-state index contributed by atoms with van der Waals surface area (Å²) in [6.07, 6.45) is 2.17. The van der Waals surface area contributed by atoms with E-state index in [1.165, 1.54) is 0 Å². The van der Waals surface area contributed by atoms with Gasteiger partial charge in [-0.1, -0.05) is 12.1 Å². The molecule has 1 saturated heterocycles. The fraction of sp³-hybridized carbons (Fsp3) is 0.409. The molecule has 3 heterocycles. The molecule has 1 aromatic carbocycles. The zero-order valence-electron chi connectivity index (χ0n) is 16.8. The molecule has 7 nitrogen and oxygen atoms in total. The van der Waals surface area contributed by atoms with E-state index in [1.54, 1.807) is 22.3 Å². The van der Waals surface area contributed by atoms with Gasteiger partial charge in [-0.05, 0) is 44.0 Å². The molecular weight excluding hydrogens is 400 g/mol. The summed E-state index contributed by atoms with van der Waals surface area (Å²) in [4.78, 5) is 33.7. The zero-order chi connectivity index (χ0) is 20.7. The molecule has 2 amide bonds. The Morgan fingerprint density at radius 3 is 2.63 bits per heavy atom. The van der Waals surface area contributed by atoms with E-state index < -0.39 is 0 Å². The Hall–Kier alpha value is -2.71. The Balaban J connectivity index is 1.21. The summed E-state index contributed by atoms with van der Waals surface area (Å²) < 4.78 is 6.95. The Kier molecular flexibility index (Phi) is 5.04. The summed E-state index contributed by atoms with van der Waals surface area (Å²) in [6.45, 7) is 4.45. The van der Waals surface area contributed by atoms with Gasteiger partial charge in [-0.3, -0.25) is 14.5 Å². The second-order valence-corrected chi connectivity index (χ2v) is 8.97. The van der Waals surface area contributed by atoms with E-state index in [-0.39, 0.29) is 17.9 Å². The molecule has 1 aliphatic carbocycles. The first-order chi connectivity index (χ1) is 14.6. The lowest BCUT2D eigenvalue weighted by Crippen LogP contribution is -2.55. The smallest absolute Gasteiger partial charge is 0.289 e. The maximum atomic E-state index is 12.9. The first-order valence-electron chi connectivity index (χ1n) is 10.4. The van der Waals surface area contributed by atoms with Gasteiger partial charge in [0.1, 0.15) is 0 Å². The van der Waals surface area contributed by atoms with Crippen LogP contribution >= 0.6 is 11.3 Å². The van der Waals surface area contributed by atoms with Gasteiger partial charge in [-0.25, -0.2) is 4.98 Å². The first kappa shape index (κ1) is 19.3. The molecule has 2 aliphatic rings. The van der Waals surface area contributed by atoms with Gasteiger partial charge in [-0.15, -0.1) is 11.3 Å². The Morgan fingerprint density at radius 2 is 1.90 bits per heavy atom. The van der Waals surface area contributed by atoms with Crippen LogP contribution < -0.4 is 5.32 Å². The Bertz CT molecular complexity index is 1050.